The Labute approximate surface area is 149 Å². The van der Waals surface area contributed by atoms with Gasteiger partial charge in [0.1, 0.15) is 0 Å². The first-order valence-electron chi connectivity index (χ1n) is 7.15. The zero-order valence-electron chi connectivity index (χ0n) is 13.9. The first-order chi connectivity index (χ1) is 12.3. The van der Waals surface area contributed by atoms with E-state index in [0.29, 0.717) is 0 Å². The number of halogens is 13. The summed E-state index contributed by atoms with van der Waals surface area (Å²) in [5, 5.41) is 0. The van der Waals surface area contributed by atoms with Gasteiger partial charge in [-0.2, -0.15) is 52.7 Å². The van der Waals surface area contributed by atoms with Gasteiger partial charge in [0.15, 0.2) is 0 Å². The Kier molecular flexibility index (Phi) is 8.25. The van der Waals surface area contributed by atoms with E-state index in [2.05, 4.69) is 4.74 Å². The molecule has 0 radical (unpaired) electrons. The molecule has 168 valence electrons. The van der Waals surface area contributed by atoms with Crippen LogP contribution in [0.1, 0.15) is 20.3 Å². The fourth-order valence-corrected chi connectivity index (χ4v) is 1.48. The molecule has 0 bridgehead atoms. The molecule has 0 aliphatic heterocycles. The van der Waals surface area contributed by atoms with Crippen molar-refractivity contribution in [1.29, 1.82) is 0 Å². The van der Waals surface area contributed by atoms with Crippen molar-refractivity contribution in [2.24, 2.45) is 5.92 Å². The molecular formula is C13H13F13O2. The standard InChI is InChI=1S/C13H13F13O2/c1-3-6(2)4-27-5-9(17,12(22,23)24)11(20,21)13(25,26)28-10(18,19)7(14)8(15)16/h6H,3-5H2,1-2H3. The highest BCUT2D eigenvalue weighted by molar-refractivity contribution is 5.06. The monoisotopic (exact) mass is 448 g/mol. The van der Waals surface area contributed by atoms with Crippen LogP contribution in [0.4, 0.5) is 57.1 Å². The van der Waals surface area contributed by atoms with Gasteiger partial charge in [-0.25, -0.2) is 9.13 Å². The van der Waals surface area contributed by atoms with Crippen LogP contribution in [-0.4, -0.2) is 43.2 Å². The second-order valence-electron chi connectivity index (χ2n) is 5.61. The van der Waals surface area contributed by atoms with Crippen molar-refractivity contribution in [3.8, 4) is 0 Å². The van der Waals surface area contributed by atoms with Gasteiger partial charge in [-0.15, -0.1) is 0 Å². The van der Waals surface area contributed by atoms with Crippen LogP contribution in [0.3, 0.4) is 0 Å². The van der Waals surface area contributed by atoms with Gasteiger partial charge in [0.25, 0.3) is 11.5 Å². The Balaban J connectivity index is 5.95. The van der Waals surface area contributed by atoms with Crippen LogP contribution < -0.4 is 0 Å². The van der Waals surface area contributed by atoms with Crippen LogP contribution in [0.25, 0.3) is 0 Å². The Morgan fingerprint density at radius 3 is 1.68 bits per heavy atom. The third-order valence-electron chi connectivity index (χ3n) is 3.39. The topological polar surface area (TPSA) is 18.5 Å². The maximum absolute atomic E-state index is 14.0. The number of hydrogen-bond acceptors (Lipinski definition) is 2. The number of ether oxygens (including phenoxy) is 2. The number of rotatable bonds is 10. The summed E-state index contributed by atoms with van der Waals surface area (Å²) in [5.74, 6) is -11.8. The van der Waals surface area contributed by atoms with Crippen LogP contribution in [0, 0.1) is 5.92 Å². The average molecular weight is 448 g/mol. The number of alkyl halides is 10. The van der Waals surface area contributed by atoms with Gasteiger partial charge in [-0.05, 0) is 5.92 Å². The van der Waals surface area contributed by atoms with E-state index in [1.807, 2.05) is 4.74 Å². The first kappa shape index (κ1) is 26.8. The molecule has 15 heteroatoms. The number of hydrogen-bond donors (Lipinski definition) is 0. The molecule has 2 unspecified atom stereocenters. The predicted octanol–water partition coefficient (Wildman–Crippen LogP) is 6.23. The van der Waals surface area contributed by atoms with Crippen molar-refractivity contribution >= 4 is 0 Å². The summed E-state index contributed by atoms with van der Waals surface area (Å²) < 4.78 is 174. The minimum absolute atomic E-state index is 0.202. The summed E-state index contributed by atoms with van der Waals surface area (Å²) in [6.07, 6.45) is -24.2. The SMILES string of the molecule is CCC(C)COCC(F)(C(F)(F)F)C(F)(F)C(F)(F)OC(F)(F)C(F)=C(F)F. The summed E-state index contributed by atoms with van der Waals surface area (Å²) in [5.41, 5.74) is -6.29. The van der Waals surface area contributed by atoms with Crippen LogP contribution in [0.5, 0.6) is 0 Å². The van der Waals surface area contributed by atoms with E-state index in [1.165, 1.54) is 13.8 Å². The molecule has 0 rings (SSSR count). The van der Waals surface area contributed by atoms with Gasteiger partial charge in [0, 0.05) is 6.61 Å². The molecule has 0 aliphatic rings. The Hall–Kier alpha value is -1.25. The van der Waals surface area contributed by atoms with Crippen LogP contribution >= 0.6 is 0 Å². The second kappa shape index (κ2) is 8.63. The largest absolute Gasteiger partial charge is 0.431 e. The molecule has 0 saturated carbocycles. The lowest BCUT2D eigenvalue weighted by Gasteiger charge is -2.38. The minimum atomic E-state index is -7.13. The highest BCUT2D eigenvalue weighted by Crippen LogP contribution is 2.54. The van der Waals surface area contributed by atoms with E-state index in [-0.39, 0.29) is 6.42 Å². The van der Waals surface area contributed by atoms with Gasteiger partial charge < -0.3 is 4.74 Å². The fraction of sp³-hybridized carbons (Fsp3) is 0.846. The van der Waals surface area contributed by atoms with Gasteiger partial charge >= 0.3 is 30.4 Å². The summed E-state index contributed by atoms with van der Waals surface area (Å²) in [6, 6.07) is 0. The smallest absolute Gasteiger partial charge is 0.377 e. The lowest BCUT2D eigenvalue weighted by molar-refractivity contribution is -0.462. The molecule has 0 aliphatic carbocycles. The summed E-state index contributed by atoms with van der Waals surface area (Å²) in [4.78, 5) is 0. The van der Waals surface area contributed by atoms with Crippen molar-refractivity contribution in [1.82, 2.24) is 0 Å². The first-order valence-corrected chi connectivity index (χ1v) is 7.15. The van der Waals surface area contributed by atoms with Crippen molar-refractivity contribution in [3.05, 3.63) is 11.9 Å². The quantitative estimate of drug-likeness (QED) is 0.369. The van der Waals surface area contributed by atoms with E-state index in [0.717, 1.165) is 0 Å². The highest BCUT2D eigenvalue weighted by atomic mass is 19.4. The molecule has 28 heavy (non-hydrogen) atoms. The van der Waals surface area contributed by atoms with Crippen LogP contribution in [0.15, 0.2) is 11.9 Å². The summed E-state index contributed by atoms with van der Waals surface area (Å²) >= 11 is 0. The molecule has 0 heterocycles. The maximum atomic E-state index is 14.0. The molecule has 2 atom stereocenters. The van der Waals surface area contributed by atoms with E-state index >= 15 is 0 Å². The van der Waals surface area contributed by atoms with Gasteiger partial charge in [-0.1, -0.05) is 20.3 Å². The minimum Gasteiger partial charge on any atom is -0.377 e. The Morgan fingerprint density at radius 2 is 1.32 bits per heavy atom. The predicted molar refractivity (Wildman–Crippen MR) is 66.4 cm³/mol. The average Bonchev–Trinajstić information content (AvgIpc) is 2.50. The normalized spacial score (nSPS) is 17.2. The molecule has 0 saturated heterocycles. The third-order valence-corrected chi connectivity index (χ3v) is 3.39. The lowest BCUT2D eigenvalue weighted by Crippen LogP contribution is -2.67. The highest BCUT2D eigenvalue weighted by Gasteiger charge is 2.82. The zero-order chi connectivity index (χ0) is 22.8. The Morgan fingerprint density at radius 1 is 0.857 bits per heavy atom. The van der Waals surface area contributed by atoms with Crippen molar-refractivity contribution < 1.29 is 66.5 Å². The third kappa shape index (κ3) is 5.42. The summed E-state index contributed by atoms with van der Waals surface area (Å²) in [6.45, 7) is -0.800. The molecular weight excluding hydrogens is 435 g/mol. The maximum Gasteiger partial charge on any atom is 0.431 e. The molecule has 0 amide bonds. The molecule has 2 nitrogen and oxygen atoms in total. The molecule has 0 aromatic carbocycles. The Bertz CT molecular complexity index is 553. The molecule has 0 N–H and O–H groups in total. The van der Waals surface area contributed by atoms with E-state index in [1.54, 1.807) is 0 Å². The van der Waals surface area contributed by atoms with Gasteiger partial charge in [0.05, 0.1) is 6.61 Å². The molecule has 0 aromatic rings. The second-order valence-corrected chi connectivity index (χ2v) is 5.61. The fourth-order valence-electron chi connectivity index (χ4n) is 1.48. The molecule has 0 aromatic heterocycles. The lowest BCUT2D eigenvalue weighted by atomic mass is 9.96. The van der Waals surface area contributed by atoms with Crippen molar-refractivity contribution in [2.45, 2.75) is 50.3 Å². The van der Waals surface area contributed by atoms with Crippen molar-refractivity contribution in [3.63, 3.8) is 0 Å². The van der Waals surface area contributed by atoms with E-state index < -0.39 is 61.0 Å². The molecule has 0 spiro atoms. The van der Waals surface area contributed by atoms with Gasteiger partial charge in [-0.3, -0.25) is 0 Å². The molecule has 0 fully saturated rings. The van der Waals surface area contributed by atoms with E-state index in [9.17, 15) is 57.1 Å². The van der Waals surface area contributed by atoms with Crippen LogP contribution in [-0.2, 0) is 9.47 Å². The van der Waals surface area contributed by atoms with Crippen molar-refractivity contribution in [2.75, 3.05) is 13.2 Å². The van der Waals surface area contributed by atoms with Gasteiger partial charge in [0.2, 0.25) is 0 Å². The summed E-state index contributed by atoms with van der Waals surface area (Å²) in [7, 11) is 0. The van der Waals surface area contributed by atoms with Crippen LogP contribution in [0.2, 0.25) is 0 Å². The van der Waals surface area contributed by atoms with E-state index in [4.69, 9.17) is 0 Å². The zero-order valence-corrected chi connectivity index (χ0v) is 13.9.